The number of halogens is 1. The quantitative estimate of drug-likeness (QED) is 0.232. The van der Waals surface area contributed by atoms with Gasteiger partial charge in [0, 0.05) is 12.1 Å². The molecule has 0 amide bonds. The lowest BCUT2D eigenvalue weighted by molar-refractivity contribution is 0.318. The molecule has 0 bridgehead atoms. The van der Waals surface area contributed by atoms with Gasteiger partial charge in [0.05, 0.1) is 5.56 Å². The van der Waals surface area contributed by atoms with Gasteiger partial charge in [0.15, 0.2) is 5.84 Å². The van der Waals surface area contributed by atoms with Crippen molar-refractivity contribution in [2.45, 2.75) is 13.0 Å². The van der Waals surface area contributed by atoms with Crippen LogP contribution >= 0.6 is 11.8 Å². The van der Waals surface area contributed by atoms with Gasteiger partial charge >= 0.3 is 0 Å². The Labute approximate surface area is 110 Å². The molecule has 100 valence electrons. The van der Waals surface area contributed by atoms with Crippen LogP contribution in [-0.4, -0.2) is 29.6 Å². The van der Waals surface area contributed by atoms with Crippen molar-refractivity contribution in [3.05, 3.63) is 35.1 Å². The number of thioether (sulfide) groups is 1. The summed E-state index contributed by atoms with van der Waals surface area (Å²) >= 11 is 1.79. The van der Waals surface area contributed by atoms with Gasteiger partial charge in [0.2, 0.25) is 0 Å². The molecule has 4 nitrogen and oxygen atoms in total. The molecular weight excluding hydrogens is 253 g/mol. The van der Waals surface area contributed by atoms with Crippen LogP contribution in [-0.2, 0) is 6.54 Å². The van der Waals surface area contributed by atoms with Crippen LogP contribution in [0.25, 0.3) is 0 Å². The van der Waals surface area contributed by atoms with Crippen LogP contribution in [0.4, 0.5) is 4.39 Å². The monoisotopic (exact) mass is 271 g/mol. The van der Waals surface area contributed by atoms with Crippen LogP contribution in [0, 0.1) is 5.82 Å². The molecular formula is C12H18FN3OS. The molecule has 0 saturated carbocycles. The normalized spacial score (nSPS) is 11.8. The number of benzene rings is 1. The van der Waals surface area contributed by atoms with Gasteiger partial charge in [0.25, 0.3) is 0 Å². The number of amidine groups is 1. The maximum atomic E-state index is 14.0. The molecule has 0 aromatic heterocycles. The summed E-state index contributed by atoms with van der Waals surface area (Å²) in [5.74, 6) is 0.432. The van der Waals surface area contributed by atoms with E-state index in [1.54, 1.807) is 23.9 Å². The Bertz CT molecular complexity index is 412. The number of rotatable bonds is 7. The Hall–Kier alpha value is -1.27. The van der Waals surface area contributed by atoms with E-state index in [9.17, 15) is 4.39 Å². The predicted molar refractivity (Wildman–Crippen MR) is 73.6 cm³/mol. The van der Waals surface area contributed by atoms with Crippen molar-refractivity contribution in [3.63, 3.8) is 0 Å². The van der Waals surface area contributed by atoms with Crippen LogP contribution in [0.5, 0.6) is 0 Å². The molecule has 6 heteroatoms. The van der Waals surface area contributed by atoms with Crippen LogP contribution < -0.4 is 11.1 Å². The van der Waals surface area contributed by atoms with E-state index in [-0.39, 0.29) is 11.4 Å². The summed E-state index contributed by atoms with van der Waals surface area (Å²) < 4.78 is 14.0. The average molecular weight is 271 g/mol. The highest BCUT2D eigenvalue weighted by Crippen LogP contribution is 2.12. The van der Waals surface area contributed by atoms with E-state index >= 15 is 0 Å². The lowest BCUT2D eigenvalue weighted by Crippen LogP contribution is -2.19. The minimum Gasteiger partial charge on any atom is -0.409 e. The van der Waals surface area contributed by atoms with Gasteiger partial charge in [-0.3, -0.25) is 0 Å². The zero-order chi connectivity index (χ0) is 13.4. The highest BCUT2D eigenvalue weighted by Gasteiger charge is 2.10. The molecule has 18 heavy (non-hydrogen) atoms. The van der Waals surface area contributed by atoms with Crippen molar-refractivity contribution in [3.8, 4) is 0 Å². The van der Waals surface area contributed by atoms with Crippen molar-refractivity contribution in [2.75, 3.05) is 18.6 Å². The molecule has 0 radical (unpaired) electrons. The third-order valence-corrected chi connectivity index (χ3v) is 3.18. The molecule has 1 rings (SSSR count). The molecule has 0 fully saturated rings. The molecule has 1 aromatic carbocycles. The number of oxime groups is 1. The van der Waals surface area contributed by atoms with Crippen molar-refractivity contribution >= 4 is 17.6 Å². The van der Waals surface area contributed by atoms with E-state index in [1.807, 2.05) is 0 Å². The maximum Gasteiger partial charge on any atom is 0.173 e. The Balaban J connectivity index is 2.61. The van der Waals surface area contributed by atoms with Crippen molar-refractivity contribution in [2.24, 2.45) is 10.9 Å². The van der Waals surface area contributed by atoms with Crippen molar-refractivity contribution in [1.82, 2.24) is 5.32 Å². The Morgan fingerprint density at radius 3 is 3.00 bits per heavy atom. The molecule has 0 atom stereocenters. The number of nitrogens with one attached hydrogen (secondary N) is 1. The van der Waals surface area contributed by atoms with Crippen LogP contribution in [0.15, 0.2) is 23.4 Å². The summed E-state index contributed by atoms with van der Waals surface area (Å²) in [5, 5.41) is 14.5. The van der Waals surface area contributed by atoms with Crippen LogP contribution in [0.1, 0.15) is 17.5 Å². The first-order valence-corrected chi connectivity index (χ1v) is 7.05. The fraction of sp³-hybridized carbons (Fsp3) is 0.417. The fourth-order valence-corrected chi connectivity index (χ4v) is 1.97. The van der Waals surface area contributed by atoms with E-state index < -0.39 is 5.82 Å². The summed E-state index contributed by atoms with van der Waals surface area (Å²) in [4.78, 5) is 0. The molecule has 0 heterocycles. The summed E-state index contributed by atoms with van der Waals surface area (Å²) in [6.45, 7) is 1.28. The smallest absolute Gasteiger partial charge is 0.173 e. The van der Waals surface area contributed by atoms with Gasteiger partial charge in [-0.25, -0.2) is 4.39 Å². The summed E-state index contributed by atoms with van der Waals surface area (Å²) in [6.07, 6.45) is 3.10. The SMILES string of the molecule is CSCCCNCc1cccc(/C(N)=N/O)c1F. The maximum absolute atomic E-state index is 14.0. The van der Waals surface area contributed by atoms with E-state index in [2.05, 4.69) is 16.7 Å². The number of hydrogen-bond donors (Lipinski definition) is 3. The molecule has 0 aliphatic carbocycles. The van der Waals surface area contributed by atoms with E-state index in [4.69, 9.17) is 10.9 Å². The second-order valence-corrected chi connectivity index (χ2v) is 4.77. The third kappa shape index (κ3) is 4.19. The molecule has 0 spiro atoms. The predicted octanol–water partition coefficient (Wildman–Crippen LogP) is 1.76. The summed E-state index contributed by atoms with van der Waals surface area (Å²) in [7, 11) is 0. The minimum atomic E-state index is -0.440. The lowest BCUT2D eigenvalue weighted by Gasteiger charge is -2.08. The molecule has 4 N–H and O–H groups in total. The van der Waals surface area contributed by atoms with E-state index in [1.165, 1.54) is 6.07 Å². The Morgan fingerprint density at radius 2 is 2.33 bits per heavy atom. The van der Waals surface area contributed by atoms with Gasteiger partial charge in [0.1, 0.15) is 5.82 Å². The zero-order valence-corrected chi connectivity index (χ0v) is 11.1. The van der Waals surface area contributed by atoms with Gasteiger partial charge in [-0.2, -0.15) is 11.8 Å². The largest absolute Gasteiger partial charge is 0.409 e. The van der Waals surface area contributed by atoms with Crippen molar-refractivity contribution < 1.29 is 9.60 Å². The highest BCUT2D eigenvalue weighted by atomic mass is 32.2. The second-order valence-electron chi connectivity index (χ2n) is 3.79. The first-order valence-electron chi connectivity index (χ1n) is 5.65. The molecule has 1 aromatic rings. The van der Waals surface area contributed by atoms with Crippen LogP contribution in [0.3, 0.4) is 0 Å². The van der Waals surface area contributed by atoms with Gasteiger partial charge in [-0.05, 0) is 31.0 Å². The lowest BCUT2D eigenvalue weighted by atomic mass is 10.1. The molecule has 0 aliphatic rings. The highest BCUT2D eigenvalue weighted by molar-refractivity contribution is 7.98. The first kappa shape index (κ1) is 14.8. The van der Waals surface area contributed by atoms with Gasteiger partial charge in [-0.1, -0.05) is 17.3 Å². The standard InChI is InChI=1S/C12H18FN3OS/c1-18-7-3-6-15-8-9-4-2-5-10(11(9)13)12(14)16-17/h2,4-5,15,17H,3,6-8H2,1H3,(H2,14,16). The molecule has 0 saturated heterocycles. The summed E-state index contributed by atoms with van der Waals surface area (Å²) in [5.41, 5.74) is 6.04. The number of nitrogens with zero attached hydrogens (tertiary/aromatic N) is 1. The fourth-order valence-electron chi connectivity index (χ4n) is 1.53. The van der Waals surface area contributed by atoms with Gasteiger partial charge in [-0.15, -0.1) is 0 Å². The molecule has 0 unspecified atom stereocenters. The second kappa shape index (κ2) is 7.94. The van der Waals surface area contributed by atoms with Crippen LogP contribution in [0.2, 0.25) is 0 Å². The van der Waals surface area contributed by atoms with Gasteiger partial charge < -0.3 is 16.3 Å². The van der Waals surface area contributed by atoms with E-state index in [0.717, 1.165) is 18.7 Å². The number of nitrogens with two attached hydrogens (primary N) is 1. The van der Waals surface area contributed by atoms with E-state index in [0.29, 0.717) is 12.1 Å². The third-order valence-electron chi connectivity index (χ3n) is 2.48. The summed E-state index contributed by atoms with van der Waals surface area (Å²) in [6, 6.07) is 4.86. The van der Waals surface area contributed by atoms with Crippen molar-refractivity contribution in [1.29, 1.82) is 0 Å². The Kier molecular flexibility index (Phi) is 6.53. The number of hydrogen-bond acceptors (Lipinski definition) is 4. The Morgan fingerprint density at radius 1 is 1.56 bits per heavy atom. The molecule has 0 aliphatic heterocycles. The minimum absolute atomic E-state index is 0.126. The zero-order valence-electron chi connectivity index (χ0n) is 10.3. The first-order chi connectivity index (χ1) is 8.70. The topological polar surface area (TPSA) is 70.6 Å². The average Bonchev–Trinajstić information content (AvgIpc) is 2.39.